The van der Waals surface area contributed by atoms with E-state index in [9.17, 15) is 14.9 Å². The van der Waals surface area contributed by atoms with Crippen LogP contribution in [0, 0.1) is 17.0 Å². The number of benzene rings is 2. The fourth-order valence-electron chi connectivity index (χ4n) is 2.09. The molecule has 25 heavy (non-hydrogen) atoms. The van der Waals surface area contributed by atoms with Crippen molar-refractivity contribution in [2.24, 2.45) is 0 Å². The number of nitro groups is 1. The maximum atomic E-state index is 11.9. The number of nitrogens with one attached hydrogen (secondary N) is 1. The average molecular weight is 428 g/mol. The van der Waals surface area contributed by atoms with Crippen LogP contribution in [-0.2, 0) is 4.79 Å². The molecular weight excluding hydrogens is 412 g/mol. The first-order valence-corrected chi connectivity index (χ1v) is 8.66. The van der Waals surface area contributed by atoms with Crippen molar-refractivity contribution in [3.05, 3.63) is 61.6 Å². The molecule has 2 aromatic carbocycles. The van der Waals surface area contributed by atoms with Crippen LogP contribution in [0.25, 0.3) is 0 Å². The van der Waals surface area contributed by atoms with Crippen LogP contribution in [0.1, 0.15) is 18.4 Å². The van der Waals surface area contributed by atoms with Crippen molar-refractivity contribution in [3.8, 4) is 5.75 Å². The number of amides is 1. The van der Waals surface area contributed by atoms with Gasteiger partial charge in [-0.05, 0) is 59.1 Å². The molecule has 0 saturated heterocycles. The number of carbonyl (C=O) groups excluding carboxylic acids is 1. The van der Waals surface area contributed by atoms with Gasteiger partial charge >= 0.3 is 0 Å². The van der Waals surface area contributed by atoms with Gasteiger partial charge in [-0.25, -0.2) is 0 Å². The molecule has 0 fully saturated rings. The molecule has 6 nitrogen and oxygen atoms in total. The minimum Gasteiger partial charge on any atom is -0.492 e. The number of hydrogen-bond acceptors (Lipinski definition) is 4. The molecular formula is C17H16BrClN2O4. The van der Waals surface area contributed by atoms with Gasteiger partial charge in [-0.3, -0.25) is 14.9 Å². The summed E-state index contributed by atoms with van der Waals surface area (Å²) in [6.45, 7) is 2.37. The zero-order valence-electron chi connectivity index (χ0n) is 13.4. The van der Waals surface area contributed by atoms with Crippen LogP contribution < -0.4 is 10.1 Å². The van der Waals surface area contributed by atoms with E-state index in [2.05, 4.69) is 21.2 Å². The Morgan fingerprint density at radius 1 is 1.32 bits per heavy atom. The van der Waals surface area contributed by atoms with Crippen LogP contribution in [0.3, 0.4) is 0 Å². The lowest BCUT2D eigenvalue weighted by Crippen LogP contribution is -2.13. The summed E-state index contributed by atoms with van der Waals surface area (Å²) < 4.78 is 6.49. The molecule has 132 valence electrons. The maximum absolute atomic E-state index is 11.9. The normalized spacial score (nSPS) is 10.4. The van der Waals surface area contributed by atoms with Gasteiger partial charge in [0, 0.05) is 18.2 Å². The fraction of sp³-hybridized carbons (Fsp3) is 0.235. The first-order valence-electron chi connectivity index (χ1n) is 7.49. The SMILES string of the molecule is Cc1ccc(OCCCC(=O)Nc2ccc(Cl)c([N+](=O)[O-])c2)c(Br)c1. The number of nitrogens with zero attached hydrogens (tertiary/aromatic N) is 1. The van der Waals surface area contributed by atoms with Gasteiger partial charge in [0.25, 0.3) is 5.69 Å². The van der Waals surface area contributed by atoms with Gasteiger partial charge in [-0.1, -0.05) is 17.7 Å². The van der Waals surface area contributed by atoms with Crippen LogP contribution in [0.2, 0.25) is 5.02 Å². The van der Waals surface area contributed by atoms with Gasteiger partial charge in [0.2, 0.25) is 5.91 Å². The lowest BCUT2D eigenvalue weighted by Gasteiger charge is -2.09. The highest BCUT2D eigenvalue weighted by Gasteiger charge is 2.13. The van der Waals surface area contributed by atoms with Crippen molar-refractivity contribution in [2.45, 2.75) is 19.8 Å². The predicted molar refractivity (Wildman–Crippen MR) is 100 cm³/mol. The van der Waals surface area contributed by atoms with E-state index in [1.165, 1.54) is 18.2 Å². The van der Waals surface area contributed by atoms with Crippen molar-refractivity contribution >= 4 is 44.8 Å². The van der Waals surface area contributed by atoms with E-state index in [0.29, 0.717) is 18.7 Å². The number of ether oxygens (including phenoxy) is 1. The molecule has 0 bridgehead atoms. The number of carbonyl (C=O) groups is 1. The Hall–Kier alpha value is -2.12. The Morgan fingerprint density at radius 3 is 2.76 bits per heavy atom. The summed E-state index contributed by atoms with van der Waals surface area (Å²) in [6, 6.07) is 9.91. The van der Waals surface area contributed by atoms with Gasteiger partial charge in [0.05, 0.1) is 16.0 Å². The van der Waals surface area contributed by atoms with Crippen molar-refractivity contribution in [3.63, 3.8) is 0 Å². The van der Waals surface area contributed by atoms with E-state index >= 15 is 0 Å². The molecule has 1 N–H and O–H groups in total. The quantitative estimate of drug-likeness (QED) is 0.378. The molecule has 0 aliphatic carbocycles. The highest BCUT2D eigenvalue weighted by molar-refractivity contribution is 9.10. The predicted octanol–water partition coefficient (Wildman–Crippen LogP) is 5.12. The molecule has 2 aromatic rings. The Morgan fingerprint density at radius 2 is 2.08 bits per heavy atom. The number of nitro benzene ring substituents is 1. The first kappa shape index (κ1) is 19.2. The first-order chi connectivity index (χ1) is 11.9. The zero-order chi connectivity index (χ0) is 18.4. The largest absolute Gasteiger partial charge is 0.492 e. The Bertz CT molecular complexity index is 798. The second kappa shape index (κ2) is 8.82. The number of aryl methyl sites for hydroxylation is 1. The minimum absolute atomic E-state index is 0.0278. The topological polar surface area (TPSA) is 81.5 Å². The van der Waals surface area contributed by atoms with E-state index in [1.807, 2.05) is 25.1 Å². The third-order valence-corrected chi connectivity index (χ3v) is 4.26. The van der Waals surface area contributed by atoms with E-state index in [1.54, 1.807) is 0 Å². The summed E-state index contributed by atoms with van der Waals surface area (Å²) in [5.41, 5.74) is 1.21. The highest BCUT2D eigenvalue weighted by atomic mass is 79.9. The number of hydrogen-bond donors (Lipinski definition) is 1. The molecule has 0 unspecified atom stereocenters. The standard InChI is InChI=1S/C17H16BrClN2O4/c1-11-4-7-16(13(18)9-11)25-8-2-3-17(22)20-12-5-6-14(19)15(10-12)21(23)24/h4-7,9-10H,2-3,8H2,1H3,(H,20,22). The molecule has 0 heterocycles. The van der Waals surface area contributed by atoms with Crippen molar-refractivity contribution in [1.82, 2.24) is 0 Å². The van der Waals surface area contributed by atoms with Gasteiger partial charge in [0.1, 0.15) is 10.8 Å². The van der Waals surface area contributed by atoms with E-state index < -0.39 is 4.92 Å². The second-order valence-electron chi connectivity index (χ2n) is 5.36. The van der Waals surface area contributed by atoms with Crippen molar-refractivity contribution < 1.29 is 14.5 Å². The molecule has 0 aliphatic heterocycles. The second-order valence-corrected chi connectivity index (χ2v) is 6.62. The average Bonchev–Trinajstić information content (AvgIpc) is 2.54. The lowest BCUT2D eigenvalue weighted by molar-refractivity contribution is -0.384. The summed E-state index contributed by atoms with van der Waals surface area (Å²) in [7, 11) is 0. The van der Waals surface area contributed by atoms with Crippen molar-refractivity contribution in [2.75, 3.05) is 11.9 Å². The summed E-state index contributed by atoms with van der Waals surface area (Å²) in [5, 5.41) is 13.5. The Kier molecular flexibility index (Phi) is 6.78. The Labute approximate surface area is 158 Å². The molecule has 1 amide bonds. The van der Waals surface area contributed by atoms with E-state index in [4.69, 9.17) is 16.3 Å². The van der Waals surface area contributed by atoms with Crippen LogP contribution >= 0.6 is 27.5 Å². The van der Waals surface area contributed by atoms with Crippen molar-refractivity contribution in [1.29, 1.82) is 0 Å². The summed E-state index contributed by atoms with van der Waals surface area (Å²) in [6.07, 6.45) is 0.752. The van der Waals surface area contributed by atoms with E-state index in [0.717, 1.165) is 15.8 Å². The molecule has 0 atom stereocenters. The maximum Gasteiger partial charge on any atom is 0.289 e. The number of halogens is 2. The lowest BCUT2D eigenvalue weighted by atomic mass is 10.2. The third-order valence-electron chi connectivity index (χ3n) is 3.32. The van der Waals surface area contributed by atoms with Crippen LogP contribution in [-0.4, -0.2) is 17.4 Å². The molecule has 8 heteroatoms. The fourth-order valence-corrected chi connectivity index (χ4v) is 2.89. The molecule has 2 rings (SSSR count). The molecule has 0 spiro atoms. The molecule has 0 aliphatic rings. The summed E-state index contributed by atoms with van der Waals surface area (Å²) >= 11 is 9.16. The molecule has 0 radical (unpaired) electrons. The van der Waals surface area contributed by atoms with E-state index in [-0.39, 0.29) is 23.0 Å². The number of anilines is 1. The van der Waals surface area contributed by atoms with Gasteiger partial charge in [0.15, 0.2) is 0 Å². The molecule has 0 aromatic heterocycles. The van der Waals surface area contributed by atoms with Gasteiger partial charge in [-0.2, -0.15) is 0 Å². The minimum atomic E-state index is -0.592. The smallest absolute Gasteiger partial charge is 0.289 e. The zero-order valence-corrected chi connectivity index (χ0v) is 15.8. The molecule has 0 saturated carbocycles. The summed E-state index contributed by atoms with van der Waals surface area (Å²) in [4.78, 5) is 22.2. The number of rotatable bonds is 7. The van der Waals surface area contributed by atoms with Gasteiger partial charge in [-0.15, -0.1) is 0 Å². The summed E-state index contributed by atoms with van der Waals surface area (Å²) in [5.74, 6) is 0.475. The van der Waals surface area contributed by atoms with Crippen LogP contribution in [0.5, 0.6) is 5.75 Å². The van der Waals surface area contributed by atoms with Gasteiger partial charge < -0.3 is 10.1 Å². The van der Waals surface area contributed by atoms with Crippen LogP contribution in [0.4, 0.5) is 11.4 Å². The third kappa shape index (κ3) is 5.72. The van der Waals surface area contributed by atoms with Crippen LogP contribution in [0.15, 0.2) is 40.9 Å². The Balaban J connectivity index is 1.81. The monoisotopic (exact) mass is 426 g/mol. The highest BCUT2D eigenvalue weighted by Crippen LogP contribution is 2.28.